The number of hydrogen-bond acceptors (Lipinski definition) is 5. The summed E-state index contributed by atoms with van der Waals surface area (Å²) in [5, 5.41) is 2.88. The third kappa shape index (κ3) is 2.82. The Morgan fingerprint density at radius 3 is 2.75 bits per heavy atom. The number of anilines is 1. The number of carbonyl (C=O) groups excluding carboxylic acids is 1. The summed E-state index contributed by atoms with van der Waals surface area (Å²) in [5.74, 6) is 0.989. The molecular weight excluding hydrogens is 407 g/mol. The van der Waals surface area contributed by atoms with Crippen molar-refractivity contribution in [3.05, 3.63) is 71.7 Å². The lowest BCUT2D eigenvalue weighted by Gasteiger charge is -2.25. The molecule has 1 aliphatic heterocycles. The number of hydrogen-bond donors (Lipinski definition) is 1. The fourth-order valence-corrected chi connectivity index (χ4v) is 4.60. The first-order valence-electron chi connectivity index (χ1n) is 10.8. The highest BCUT2D eigenvalue weighted by molar-refractivity contribution is 6.07. The third-order valence-electron chi connectivity index (χ3n) is 6.81. The van der Waals surface area contributed by atoms with Gasteiger partial charge in [0.05, 0.1) is 5.69 Å². The van der Waals surface area contributed by atoms with Crippen molar-refractivity contribution in [1.29, 1.82) is 0 Å². The van der Waals surface area contributed by atoms with E-state index in [1.54, 1.807) is 31.5 Å². The second-order valence-electron chi connectivity index (χ2n) is 8.77. The summed E-state index contributed by atoms with van der Waals surface area (Å²) in [4.78, 5) is 31.5. The van der Waals surface area contributed by atoms with Gasteiger partial charge in [-0.15, -0.1) is 0 Å². The lowest BCUT2D eigenvalue weighted by molar-refractivity contribution is -0.119. The molecule has 0 spiro atoms. The van der Waals surface area contributed by atoms with E-state index in [0.717, 1.165) is 17.8 Å². The highest BCUT2D eigenvalue weighted by atomic mass is 19.1. The van der Waals surface area contributed by atoms with Gasteiger partial charge < -0.3 is 9.72 Å². The van der Waals surface area contributed by atoms with Crippen molar-refractivity contribution >= 4 is 17.4 Å². The highest BCUT2D eigenvalue weighted by Crippen LogP contribution is 2.42. The van der Waals surface area contributed by atoms with Crippen LogP contribution in [-0.4, -0.2) is 30.2 Å². The second kappa shape index (κ2) is 6.91. The van der Waals surface area contributed by atoms with E-state index in [9.17, 15) is 9.18 Å². The fraction of sp³-hybridized carbons (Fsp3) is 0.292. The standard InChI is InChI=1S/C24H21FN6O/c1-24(15-5-7-16(25)8-6-15)17-12-27-21(29-20(17)30-23(24)32)19-13-31-10-9-26-22(31)18(28-19)11-14-3-2-4-14/h5-10,12-14H,2-4,11H2,1H3,(H,27,29,30,32). The fourth-order valence-electron chi connectivity index (χ4n) is 4.60. The Hall–Kier alpha value is -3.68. The Balaban J connectivity index is 1.42. The van der Waals surface area contributed by atoms with Gasteiger partial charge >= 0.3 is 0 Å². The number of benzene rings is 1. The topological polar surface area (TPSA) is 85.1 Å². The highest BCUT2D eigenvalue weighted by Gasteiger charge is 2.45. The number of halogens is 1. The number of amides is 1. The molecule has 1 aromatic carbocycles. The van der Waals surface area contributed by atoms with Crippen LogP contribution in [0.5, 0.6) is 0 Å². The SMILES string of the molecule is CC1(c2ccc(F)cc2)C(=O)Nc2nc(-c3cn4ccnc4c(CC4CCC4)n3)ncc21. The number of carbonyl (C=O) groups is 1. The average Bonchev–Trinajstić information content (AvgIpc) is 3.34. The van der Waals surface area contributed by atoms with Crippen LogP contribution in [0.1, 0.15) is 43.0 Å². The van der Waals surface area contributed by atoms with Gasteiger partial charge in [0.1, 0.15) is 22.7 Å². The molecule has 3 aromatic heterocycles. The molecule has 2 aliphatic rings. The van der Waals surface area contributed by atoms with Crippen LogP contribution in [0, 0.1) is 11.7 Å². The number of nitrogens with one attached hydrogen (secondary N) is 1. The van der Waals surface area contributed by atoms with Crippen LogP contribution >= 0.6 is 0 Å². The molecule has 160 valence electrons. The van der Waals surface area contributed by atoms with Crippen molar-refractivity contribution in [1.82, 2.24) is 24.3 Å². The summed E-state index contributed by atoms with van der Waals surface area (Å²) in [5.41, 5.74) is 2.81. The molecular formula is C24H21FN6O. The molecule has 1 amide bonds. The van der Waals surface area contributed by atoms with Crippen molar-refractivity contribution in [3.8, 4) is 11.5 Å². The Morgan fingerprint density at radius 1 is 1.19 bits per heavy atom. The van der Waals surface area contributed by atoms with Crippen LogP contribution in [-0.2, 0) is 16.6 Å². The first kappa shape index (κ1) is 19.0. The Morgan fingerprint density at radius 2 is 2.00 bits per heavy atom. The maximum absolute atomic E-state index is 13.4. The molecule has 1 saturated carbocycles. The van der Waals surface area contributed by atoms with E-state index in [1.807, 2.05) is 16.8 Å². The molecule has 7 nitrogen and oxygen atoms in total. The normalized spacial score (nSPS) is 20.2. The molecule has 4 heterocycles. The van der Waals surface area contributed by atoms with Crippen molar-refractivity contribution < 1.29 is 9.18 Å². The van der Waals surface area contributed by atoms with E-state index in [-0.39, 0.29) is 11.7 Å². The lowest BCUT2D eigenvalue weighted by Crippen LogP contribution is -2.32. The van der Waals surface area contributed by atoms with Gasteiger partial charge in [-0.3, -0.25) is 4.79 Å². The zero-order chi connectivity index (χ0) is 21.9. The molecule has 0 radical (unpaired) electrons. The molecule has 4 aromatic rings. The van der Waals surface area contributed by atoms with Crippen LogP contribution in [0.4, 0.5) is 10.2 Å². The van der Waals surface area contributed by atoms with E-state index >= 15 is 0 Å². The maximum Gasteiger partial charge on any atom is 0.240 e. The minimum Gasteiger partial charge on any atom is -0.309 e. The van der Waals surface area contributed by atoms with Gasteiger partial charge in [-0.2, -0.15) is 0 Å². The molecule has 1 atom stereocenters. The van der Waals surface area contributed by atoms with Crippen molar-refractivity contribution in [2.24, 2.45) is 5.92 Å². The third-order valence-corrected chi connectivity index (χ3v) is 6.81. The van der Waals surface area contributed by atoms with Crippen LogP contribution in [0.2, 0.25) is 0 Å². The zero-order valence-electron chi connectivity index (χ0n) is 17.5. The quantitative estimate of drug-likeness (QED) is 0.532. The van der Waals surface area contributed by atoms with Gasteiger partial charge in [-0.25, -0.2) is 24.3 Å². The molecule has 1 aliphatic carbocycles. The zero-order valence-corrected chi connectivity index (χ0v) is 17.5. The monoisotopic (exact) mass is 428 g/mol. The molecule has 1 N–H and O–H groups in total. The van der Waals surface area contributed by atoms with Gasteiger partial charge in [0.25, 0.3) is 0 Å². The van der Waals surface area contributed by atoms with E-state index in [0.29, 0.717) is 34.4 Å². The second-order valence-corrected chi connectivity index (χ2v) is 8.77. The summed E-state index contributed by atoms with van der Waals surface area (Å²) >= 11 is 0. The largest absolute Gasteiger partial charge is 0.309 e. The van der Waals surface area contributed by atoms with Gasteiger partial charge in [0, 0.05) is 30.4 Å². The summed E-state index contributed by atoms with van der Waals surface area (Å²) in [6.45, 7) is 1.80. The van der Waals surface area contributed by atoms with E-state index < -0.39 is 5.41 Å². The molecule has 0 bridgehead atoms. The Kier molecular flexibility index (Phi) is 4.11. The average molecular weight is 428 g/mol. The van der Waals surface area contributed by atoms with Gasteiger partial charge in [-0.05, 0) is 37.0 Å². The van der Waals surface area contributed by atoms with Gasteiger partial charge in [0.2, 0.25) is 5.91 Å². The van der Waals surface area contributed by atoms with E-state index in [1.165, 1.54) is 31.4 Å². The maximum atomic E-state index is 13.4. The molecule has 0 saturated heterocycles. The molecule has 1 fully saturated rings. The summed E-state index contributed by atoms with van der Waals surface area (Å²) in [6, 6.07) is 5.96. The van der Waals surface area contributed by atoms with E-state index in [2.05, 4.69) is 20.3 Å². The summed E-state index contributed by atoms with van der Waals surface area (Å²) in [6.07, 6.45) is 11.8. The number of nitrogens with zero attached hydrogens (tertiary/aromatic N) is 5. The van der Waals surface area contributed by atoms with E-state index in [4.69, 9.17) is 4.98 Å². The van der Waals surface area contributed by atoms with Crippen molar-refractivity contribution in [2.75, 3.05) is 5.32 Å². The molecule has 32 heavy (non-hydrogen) atoms. The Labute approximate surface area is 183 Å². The van der Waals surface area contributed by atoms with Crippen molar-refractivity contribution in [3.63, 3.8) is 0 Å². The predicted molar refractivity (Wildman–Crippen MR) is 117 cm³/mol. The van der Waals surface area contributed by atoms with Crippen LogP contribution < -0.4 is 5.32 Å². The smallest absolute Gasteiger partial charge is 0.240 e. The number of aromatic nitrogens is 5. The predicted octanol–water partition coefficient (Wildman–Crippen LogP) is 3.93. The first-order valence-corrected chi connectivity index (χ1v) is 10.8. The first-order chi connectivity index (χ1) is 15.5. The number of fused-ring (bicyclic) bond motifs is 2. The lowest BCUT2D eigenvalue weighted by atomic mass is 9.78. The summed E-state index contributed by atoms with van der Waals surface area (Å²) < 4.78 is 15.4. The molecule has 1 unspecified atom stereocenters. The van der Waals surface area contributed by atoms with Crippen LogP contribution in [0.15, 0.2) is 49.1 Å². The Bertz CT molecular complexity index is 1360. The molecule has 6 rings (SSSR count). The minimum atomic E-state index is -0.987. The van der Waals surface area contributed by atoms with Crippen LogP contribution in [0.25, 0.3) is 17.2 Å². The van der Waals surface area contributed by atoms with Gasteiger partial charge in [0.15, 0.2) is 11.5 Å². The van der Waals surface area contributed by atoms with Gasteiger partial charge in [-0.1, -0.05) is 31.4 Å². The number of rotatable bonds is 4. The minimum absolute atomic E-state index is 0.214. The van der Waals surface area contributed by atoms with Crippen LogP contribution in [0.3, 0.4) is 0 Å². The van der Waals surface area contributed by atoms with Crippen molar-refractivity contribution in [2.45, 2.75) is 38.0 Å². The molecule has 8 heteroatoms. The number of imidazole rings is 1. The summed E-state index contributed by atoms with van der Waals surface area (Å²) in [7, 11) is 0.